The van der Waals surface area contributed by atoms with Crippen molar-refractivity contribution in [3.8, 4) is 33.4 Å². The van der Waals surface area contributed by atoms with Crippen molar-refractivity contribution in [1.82, 2.24) is 0 Å². The van der Waals surface area contributed by atoms with Crippen molar-refractivity contribution < 1.29 is 0 Å². The van der Waals surface area contributed by atoms with Gasteiger partial charge in [0.1, 0.15) is 157 Å². The number of hydrogen-bond donors (Lipinski definition) is 0. The second-order valence-electron chi connectivity index (χ2n) is 14.8. The molecule has 0 saturated carbocycles. The van der Waals surface area contributed by atoms with Crippen LogP contribution in [0.1, 0.15) is 0 Å². The van der Waals surface area contributed by atoms with E-state index in [-0.39, 0.29) is 131 Å². The summed E-state index contributed by atoms with van der Waals surface area (Å²) in [7, 11) is 131. The van der Waals surface area contributed by atoms with Crippen molar-refractivity contribution in [2.45, 2.75) is 0 Å². The van der Waals surface area contributed by atoms with Gasteiger partial charge in [0, 0.05) is 0 Å². The van der Waals surface area contributed by atoms with Gasteiger partial charge < -0.3 is 0 Å². The van der Waals surface area contributed by atoms with Gasteiger partial charge in [0.05, 0.1) is 0 Å². The molecule has 0 bridgehead atoms. The molecule has 0 heterocycles. The molecule has 0 spiro atoms. The second-order valence-corrected chi connectivity index (χ2v) is 14.8. The molecule has 0 nitrogen and oxygen atoms in total. The number of hydrogen-bond acceptors (Lipinski definition) is 0. The largest absolute Gasteiger partial charge is 0.113 e. The van der Waals surface area contributed by atoms with Crippen molar-refractivity contribution >= 4 is 309 Å². The minimum Gasteiger partial charge on any atom is -0.112 e. The first-order valence-electron chi connectivity index (χ1n) is 18.0. The first kappa shape index (κ1) is 42.8. The number of benzene rings is 8. The molecule has 0 fully saturated rings. The van der Waals surface area contributed by atoms with Gasteiger partial charge >= 0.3 is 0 Å². The number of rotatable bonds is 3. The normalized spacial score (nSPS) is 11.7. The highest BCUT2D eigenvalue weighted by Crippen LogP contribution is 2.40. The maximum atomic E-state index is 6.91. The minimum atomic E-state index is -0.0453. The second kappa shape index (κ2) is 14.9. The molecule has 226 valence electrons. The highest BCUT2D eigenvalue weighted by Gasteiger charge is 2.27. The molecule has 0 atom stereocenters. The van der Waals surface area contributed by atoms with Crippen molar-refractivity contribution in [2.75, 3.05) is 0 Å². The summed E-state index contributed by atoms with van der Waals surface area (Å²) >= 11 is 0. The molecule has 0 amide bonds. The summed E-state index contributed by atoms with van der Waals surface area (Å²) in [6.07, 6.45) is 0. The monoisotopic (exact) mass is 706 g/mol. The van der Waals surface area contributed by atoms with E-state index < -0.39 is 0 Å². The van der Waals surface area contributed by atoms with E-state index in [1.165, 1.54) is 0 Å². The Morgan fingerprint density at radius 2 is 0.417 bits per heavy atom. The summed E-state index contributed by atoms with van der Waals surface area (Å²) in [6.45, 7) is 0. The van der Waals surface area contributed by atoms with Gasteiger partial charge in [-0.05, 0) is 88.6 Å². The molecule has 0 N–H and O–H groups in total. The SMILES string of the molecule is [B]c1c([B])c([B])c(-c2c3c([B])c([B])c([B])c([B])c3c(-c3ccc4cc(-c5c([B])c([B])c([B])c6c([B])c([B])c([B])c([B])c56)ccc4c3)c3c([B])c([B])c([B])c([B])c23)c([B])c1[B]. The van der Waals surface area contributed by atoms with E-state index >= 15 is 0 Å². The lowest BCUT2D eigenvalue weighted by atomic mass is 9.56. The molecule has 0 aliphatic rings. The van der Waals surface area contributed by atoms with E-state index in [2.05, 4.69) is 0 Å². The van der Waals surface area contributed by atoms with E-state index in [9.17, 15) is 0 Å². The summed E-state index contributed by atoms with van der Waals surface area (Å²) in [6, 6.07) is 11.2. The highest BCUT2D eigenvalue weighted by molar-refractivity contribution is 6.75. The zero-order valence-electron chi connectivity index (χ0n) is 32.0. The van der Waals surface area contributed by atoms with Crippen LogP contribution in [0.15, 0.2) is 36.4 Å². The average molecular weight is 703 g/mol. The lowest BCUT2D eigenvalue weighted by Gasteiger charge is -2.31. The van der Waals surface area contributed by atoms with Crippen LogP contribution in [-0.4, -0.2) is 157 Å². The lowest BCUT2D eigenvalue weighted by molar-refractivity contribution is 1.71. The Bertz CT molecular complexity index is 3200. The van der Waals surface area contributed by atoms with Crippen LogP contribution >= 0.6 is 0 Å². The number of fused-ring (bicyclic) bond motifs is 4. The fourth-order valence-corrected chi connectivity index (χ4v) is 8.38. The van der Waals surface area contributed by atoms with Crippen LogP contribution in [0.2, 0.25) is 0 Å². The maximum absolute atomic E-state index is 6.91. The fourth-order valence-electron chi connectivity index (χ4n) is 8.38. The third-order valence-corrected chi connectivity index (χ3v) is 11.7. The maximum Gasteiger partial charge on any atom is 0.113 e. The van der Waals surface area contributed by atoms with Gasteiger partial charge in [-0.15, -0.1) is 54.6 Å². The Kier molecular flexibility index (Phi) is 10.6. The highest BCUT2D eigenvalue weighted by atomic mass is 14.3. The van der Waals surface area contributed by atoms with Crippen LogP contribution in [0, 0.1) is 0 Å². The molecule has 40 radical (unpaired) electrons. The minimum absolute atomic E-state index is 0.000826. The fraction of sp³-hybridized carbons (Fsp3) is 0. The quantitative estimate of drug-likeness (QED) is 0.127. The molecule has 0 aliphatic heterocycles. The average Bonchev–Trinajstić information content (AvgIpc) is 3.23. The summed E-state index contributed by atoms with van der Waals surface area (Å²) in [5, 5.41) is 3.33. The Labute approximate surface area is 376 Å². The molecule has 8 aromatic rings. The summed E-state index contributed by atoms with van der Waals surface area (Å²) in [5.41, 5.74) is 3.11. The molecule has 0 aliphatic carbocycles. The van der Waals surface area contributed by atoms with Crippen LogP contribution < -0.4 is 109 Å². The van der Waals surface area contributed by atoms with Gasteiger partial charge in [0.25, 0.3) is 0 Å². The van der Waals surface area contributed by atoms with Gasteiger partial charge in [-0.2, -0.15) is 0 Å². The van der Waals surface area contributed by atoms with Gasteiger partial charge in [-0.25, -0.2) is 0 Å². The zero-order valence-corrected chi connectivity index (χ0v) is 32.0. The Balaban J connectivity index is 1.52. The molecule has 60 heavy (non-hydrogen) atoms. The van der Waals surface area contributed by atoms with E-state index in [4.69, 9.17) is 157 Å². The first-order chi connectivity index (χ1) is 28.1. The van der Waals surface area contributed by atoms with Gasteiger partial charge in [0.15, 0.2) is 0 Å². The van der Waals surface area contributed by atoms with E-state index in [0.29, 0.717) is 43.8 Å². The predicted octanol–water partition coefficient (Wildman–Crippen LogP) is -12.8. The Morgan fingerprint density at radius 1 is 0.183 bits per heavy atom. The van der Waals surface area contributed by atoms with Crippen LogP contribution in [-0.2, 0) is 0 Å². The van der Waals surface area contributed by atoms with Crippen molar-refractivity contribution in [3.05, 3.63) is 36.4 Å². The summed E-state index contributed by atoms with van der Waals surface area (Å²) in [5.74, 6) is 0. The van der Waals surface area contributed by atoms with Crippen LogP contribution in [0.4, 0.5) is 0 Å². The zero-order chi connectivity index (χ0) is 43.9. The van der Waals surface area contributed by atoms with Crippen molar-refractivity contribution in [2.24, 2.45) is 0 Å². The van der Waals surface area contributed by atoms with Crippen LogP contribution in [0.25, 0.3) is 76.5 Å². The lowest BCUT2D eigenvalue weighted by Crippen LogP contribution is -2.55. The summed E-state index contributed by atoms with van der Waals surface area (Å²) < 4.78 is 0. The molecule has 8 rings (SSSR count). The molecule has 0 saturated heterocycles. The van der Waals surface area contributed by atoms with Gasteiger partial charge in [-0.1, -0.05) is 78.9 Å². The van der Waals surface area contributed by atoms with Crippen molar-refractivity contribution in [3.63, 3.8) is 0 Å². The molecule has 20 heteroatoms. The predicted molar refractivity (Wildman–Crippen MR) is 281 cm³/mol. The molecule has 8 aromatic carbocycles. The smallest absolute Gasteiger partial charge is 0.112 e. The summed E-state index contributed by atoms with van der Waals surface area (Å²) in [4.78, 5) is 0. The van der Waals surface area contributed by atoms with E-state index in [1.54, 1.807) is 0 Å². The Hall–Kier alpha value is -3.90. The molecule has 0 unspecified atom stereocenters. The standard InChI is InChI=1S/C40H6B20/c41-21-12(16-20(29(49)31(21)51)30(50)37(57)34(54)24(16)44)10-4-2-7-5-9(3-1-8(7)6-10)11-14-17(25(45)35(55)32(52)22(14)42)13(18-15(11)23(43)33(53)36(56)26(18)46)19-27(47)38(58)40(60)39(59)28(19)48/h1-6H. The van der Waals surface area contributed by atoms with Crippen LogP contribution in [0.5, 0.6) is 0 Å². The Morgan fingerprint density at radius 3 is 0.783 bits per heavy atom. The third kappa shape index (κ3) is 5.80. The van der Waals surface area contributed by atoms with Crippen molar-refractivity contribution in [1.29, 1.82) is 0 Å². The van der Waals surface area contributed by atoms with Gasteiger partial charge in [-0.3, -0.25) is 0 Å². The third-order valence-electron chi connectivity index (χ3n) is 11.7. The topological polar surface area (TPSA) is 0 Å². The van der Waals surface area contributed by atoms with Crippen LogP contribution in [0.3, 0.4) is 0 Å². The van der Waals surface area contributed by atoms with Gasteiger partial charge in [0.2, 0.25) is 0 Å². The first-order valence-corrected chi connectivity index (χ1v) is 18.0. The molecule has 0 aromatic heterocycles. The molecular weight excluding hydrogens is 697 g/mol. The van der Waals surface area contributed by atoms with E-state index in [0.717, 1.165) is 10.8 Å². The molecular formula is C40H6B20. The van der Waals surface area contributed by atoms with E-state index in [1.807, 2.05) is 36.4 Å².